The summed E-state index contributed by atoms with van der Waals surface area (Å²) in [5, 5.41) is 0. The van der Waals surface area contributed by atoms with Crippen molar-refractivity contribution in [2.75, 3.05) is 0 Å². The molecule has 0 aromatic rings. The van der Waals surface area contributed by atoms with Crippen LogP contribution in [0.1, 0.15) is 415 Å². The van der Waals surface area contributed by atoms with Crippen molar-refractivity contribution >= 4 is 0 Å². The van der Waals surface area contributed by atoms with Crippen LogP contribution in [0.3, 0.4) is 0 Å². The van der Waals surface area contributed by atoms with Crippen molar-refractivity contribution in [3.05, 3.63) is 0 Å². The molecule has 0 N–H and O–H groups in total. The van der Waals surface area contributed by atoms with Crippen LogP contribution in [0.15, 0.2) is 0 Å². The Hall–Kier alpha value is 0. The van der Waals surface area contributed by atoms with Crippen LogP contribution in [0.2, 0.25) is 0 Å². The van der Waals surface area contributed by atoms with Gasteiger partial charge in [-0.25, -0.2) is 0 Å². The average molecular weight is 1040 g/mol. The van der Waals surface area contributed by atoms with E-state index in [-0.39, 0.29) is 0 Å². The molecule has 0 bridgehead atoms. The third kappa shape index (κ3) is 33.6. The molecule has 3 saturated carbocycles. The second kappa shape index (κ2) is 51.2. The maximum absolute atomic E-state index is 2.38. The van der Waals surface area contributed by atoms with Crippen molar-refractivity contribution in [2.24, 2.45) is 59.2 Å². The third-order valence-corrected chi connectivity index (χ3v) is 21.0. The van der Waals surface area contributed by atoms with E-state index in [1.54, 1.807) is 89.9 Å². The van der Waals surface area contributed by atoms with Crippen LogP contribution < -0.4 is 0 Å². The zero-order valence-corrected chi connectivity index (χ0v) is 53.4. The molecule has 0 aliphatic heterocycles. The monoisotopic (exact) mass is 1040 g/mol. The fourth-order valence-electron chi connectivity index (χ4n) is 16.4. The molecule has 0 radical (unpaired) electrons. The highest BCUT2D eigenvalue weighted by Gasteiger charge is 2.44. The first-order valence-electron chi connectivity index (χ1n) is 36.5. The smallest absolute Gasteiger partial charge is 0.0352 e. The number of fused-ring (bicyclic) bond motifs is 1. The van der Waals surface area contributed by atoms with Crippen LogP contribution >= 0.6 is 0 Å². The molecule has 0 heterocycles. The minimum Gasteiger partial charge on any atom is -0.0654 e. The third-order valence-electron chi connectivity index (χ3n) is 21.0. The van der Waals surface area contributed by atoms with E-state index in [2.05, 4.69) is 55.4 Å². The second-order valence-corrected chi connectivity index (χ2v) is 27.2. The van der Waals surface area contributed by atoms with E-state index >= 15 is 0 Å². The molecule has 442 valence electrons. The first kappa shape index (κ1) is 70.1. The normalized spacial score (nSPS) is 25.0. The van der Waals surface area contributed by atoms with Gasteiger partial charge in [-0.05, 0) is 117 Å². The van der Waals surface area contributed by atoms with E-state index in [1.165, 1.54) is 270 Å². The van der Waals surface area contributed by atoms with Gasteiger partial charge in [0, 0.05) is 0 Å². The lowest BCUT2D eigenvalue weighted by Crippen LogP contribution is -2.42. The number of rotatable bonds is 50. The van der Waals surface area contributed by atoms with Gasteiger partial charge in [0.25, 0.3) is 0 Å². The highest BCUT2D eigenvalue weighted by atomic mass is 14.5. The SMILES string of the molecule is CCCCCCCCC1CCC(CCCCCC)C(CCCCCCCC)C1CCCCCCCC.CCCCCCCCC1CCC2CC(CCCCCC)C(CCCCCC)CC2C1CCCCCCCC. The van der Waals surface area contributed by atoms with E-state index in [9.17, 15) is 0 Å². The number of hydrogen-bond donors (Lipinski definition) is 0. The van der Waals surface area contributed by atoms with Gasteiger partial charge in [-0.2, -0.15) is 0 Å². The van der Waals surface area contributed by atoms with Crippen molar-refractivity contribution in [3.63, 3.8) is 0 Å². The molecule has 10 unspecified atom stereocenters. The topological polar surface area (TPSA) is 0 Å². The summed E-state index contributed by atoms with van der Waals surface area (Å²) >= 11 is 0. The molecule has 10 atom stereocenters. The van der Waals surface area contributed by atoms with Crippen LogP contribution in [0.4, 0.5) is 0 Å². The summed E-state index contributed by atoms with van der Waals surface area (Å²) in [6, 6.07) is 0. The first-order valence-corrected chi connectivity index (χ1v) is 36.5. The Morgan fingerprint density at radius 2 is 0.405 bits per heavy atom. The van der Waals surface area contributed by atoms with Gasteiger partial charge in [0.15, 0.2) is 0 Å². The quantitative estimate of drug-likeness (QED) is 0.0533. The summed E-state index contributed by atoms with van der Waals surface area (Å²) in [7, 11) is 0. The van der Waals surface area contributed by atoms with Gasteiger partial charge in [-0.1, -0.05) is 357 Å². The first-order chi connectivity index (χ1) is 36.5. The molecule has 0 spiro atoms. The van der Waals surface area contributed by atoms with Gasteiger partial charge in [0.1, 0.15) is 0 Å². The lowest BCUT2D eigenvalue weighted by Gasteiger charge is -2.51. The van der Waals surface area contributed by atoms with Crippen molar-refractivity contribution in [3.8, 4) is 0 Å². The molecule has 3 fully saturated rings. The zero-order valence-electron chi connectivity index (χ0n) is 53.4. The maximum Gasteiger partial charge on any atom is -0.0352 e. The van der Waals surface area contributed by atoms with E-state index in [0.717, 1.165) is 59.2 Å². The van der Waals surface area contributed by atoms with Crippen LogP contribution in [0, 0.1) is 59.2 Å². The molecule has 0 amide bonds. The highest BCUT2D eigenvalue weighted by molar-refractivity contribution is 4.95. The summed E-state index contributed by atoms with van der Waals surface area (Å²) in [6.07, 6.45) is 83.8. The summed E-state index contributed by atoms with van der Waals surface area (Å²) in [5.41, 5.74) is 0. The largest absolute Gasteiger partial charge is 0.0654 e. The molecular weight excluding hydrogens is 889 g/mol. The van der Waals surface area contributed by atoms with Crippen molar-refractivity contribution in [2.45, 2.75) is 415 Å². The Morgan fingerprint density at radius 3 is 0.730 bits per heavy atom. The maximum atomic E-state index is 2.38. The van der Waals surface area contributed by atoms with E-state index in [4.69, 9.17) is 0 Å². The highest BCUT2D eigenvalue weighted by Crippen LogP contribution is 2.54. The number of hydrogen-bond acceptors (Lipinski definition) is 0. The van der Waals surface area contributed by atoms with E-state index < -0.39 is 0 Å². The Kier molecular flexibility index (Phi) is 48.5. The minimum atomic E-state index is 1.06. The summed E-state index contributed by atoms with van der Waals surface area (Å²) in [5.74, 6) is 10.7. The molecule has 0 aromatic carbocycles. The molecule has 3 aliphatic rings. The van der Waals surface area contributed by atoms with Crippen molar-refractivity contribution in [1.82, 2.24) is 0 Å². The van der Waals surface area contributed by atoms with Gasteiger partial charge in [0.05, 0.1) is 0 Å². The molecule has 0 heteroatoms. The average Bonchev–Trinajstić information content (AvgIpc) is 3.41. The van der Waals surface area contributed by atoms with Crippen LogP contribution in [0.5, 0.6) is 0 Å². The minimum absolute atomic E-state index is 1.06. The lowest BCUT2D eigenvalue weighted by molar-refractivity contribution is -0.00866. The predicted molar refractivity (Wildman–Crippen MR) is 339 cm³/mol. The molecule has 0 aromatic heterocycles. The number of unbranched alkanes of at least 4 members (excludes halogenated alkanes) is 34. The second-order valence-electron chi connectivity index (χ2n) is 27.2. The van der Waals surface area contributed by atoms with E-state index in [1.807, 2.05) is 0 Å². The van der Waals surface area contributed by atoms with Gasteiger partial charge >= 0.3 is 0 Å². The van der Waals surface area contributed by atoms with Gasteiger partial charge in [-0.15, -0.1) is 0 Å². The Morgan fingerprint density at radius 1 is 0.189 bits per heavy atom. The molecule has 3 rings (SSSR count). The zero-order chi connectivity index (χ0) is 53.4. The lowest BCUT2D eigenvalue weighted by atomic mass is 9.54. The van der Waals surface area contributed by atoms with Crippen LogP contribution in [0.25, 0.3) is 0 Å². The van der Waals surface area contributed by atoms with Crippen molar-refractivity contribution in [1.29, 1.82) is 0 Å². The predicted octanol–water partition coefficient (Wildman–Crippen LogP) is 27.2. The van der Waals surface area contributed by atoms with Crippen LogP contribution in [-0.4, -0.2) is 0 Å². The molecule has 3 aliphatic carbocycles. The molecule has 74 heavy (non-hydrogen) atoms. The standard InChI is InChI=1S/C38H74.C36H72/c1-5-9-13-17-19-23-25-33-29-30-36-31-34(26-21-15-11-7-3)35(27-22-16-12-8-4)32-38(36)37(33)28-24-20-18-14-10-6-2;1-5-9-13-17-20-24-28-34-32-31-33(27-23-16-12-8-4)35(29-25-21-18-14-10-6-2)36(34)30-26-22-19-15-11-7-3/h33-38H,5-32H2,1-4H3;33-36H,5-32H2,1-4H3. The van der Waals surface area contributed by atoms with Gasteiger partial charge in [0.2, 0.25) is 0 Å². The summed E-state index contributed by atoms with van der Waals surface area (Å²) < 4.78 is 0. The van der Waals surface area contributed by atoms with Crippen LogP contribution in [-0.2, 0) is 0 Å². The Bertz CT molecular complexity index is 1100. The Balaban J connectivity index is 0.000000508. The summed E-state index contributed by atoms with van der Waals surface area (Å²) in [4.78, 5) is 0. The molecule has 0 nitrogen and oxygen atoms in total. The summed E-state index contributed by atoms with van der Waals surface area (Å²) in [6.45, 7) is 18.9. The molecule has 0 saturated heterocycles. The molecular formula is C74H146. The van der Waals surface area contributed by atoms with E-state index in [0.29, 0.717) is 0 Å². The fourth-order valence-corrected chi connectivity index (χ4v) is 16.4. The van der Waals surface area contributed by atoms with Crippen molar-refractivity contribution < 1.29 is 0 Å². The van der Waals surface area contributed by atoms with Gasteiger partial charge < -0.3 is 0 Å². The fraction of sp³-hybridized carbons (Fsp3) is 1.00. The van der Waals surface area contributed by atoms with Gasteiger partial charge in [-0.3, -0.25) is 0 Å². The Labute approximate surface area is 471 Å².